The Balaban J connectivity index is 2.59. The largest absolute Gasteiger partial charge is 0.308 e. The van der Waals surface area contributed by atoms with Gasteiger partial charge in [0.05, 0.1) is 5.69 Å². The summed E-state index contributed by atoms with van der Waals surface area (Å²) < 4.78 is 0. The van der Waals surface area contributed by atoms with E-state index < -0.39 is 0 Å². The summed E-state index contributed by atoms with van der Waals surface area (Å²) in [6, 6.07) is 6.18. The second-order valence-corrected chi connectivity index (χ2v) is 3.15. The van der Waals surface area contributed by atoms with Crippen LogP contribution in [0.3, 0.4) is 0 Å². The summed E-state index contributed by atoms with van der Waals surface area (Å²) in [6.45, 7) is 5.95. The van der Waals surface area contributed by atoms with Crippen LogP contribution in [0.1, 0.15) is 18.1 Å². The standard InChI is InChI=1S/C11H12N2/c1-8(2)10-5-3-4-9-6-7-12-13-11(9)10/h3-7,12-13H,1H2,2H3. The number of anilines is 1. The van der Waals surface area contributed by atoms with E-state index in [9.17, 15) is 0 Å². The smallest absolute Gasteiger partial charge is 0.0687 e. The number of allylic oxidation sites excluding steroid dienone is 1. The molecule has 0 aliphatic carbocycles. The molecule has 0 aromatic heterocycles. The average Bonchev–Trinajstić information content (AvgIpc) is 2.17. The van der Waals surface area contributed by atoms with Gasteiger partial charge in [-0.2, -0.15) is 0 Å². The van der Waals surface area contributed by atoms with Crippen LogP contribution in [0.5, 0.6) is 0 Å². The quantitative estimate of drug-likeness (QED) is 0.680. The fourth-order valence-electron chi connectivity index (χ4n) is 1.45. The molecule has 0 fully saturated rings. The maximum Gasteiger partial charge on any atom is 0.0687 e. The monoisotopic (exact) mass is 172 g/mol. The van der Waals surface area contributed by atoms with Gasteiger partial charge < -0.3 is 10.9 Å². The topological polar surface area (TPSA) is 24.1 Å². The van der Waals surface area contributed by atoms with Crippen molar-refractivity contribution in [3.63, 3.8) is 0 Å². The zero-order valence-corrected chi connectivity index (χ0v) is 7.59. The van der Waals surface area contributed by atoms with E-state index in [2.05, 4.69) is 29.6 Å². The van der Waals surface area contributed by atoms with Gasteiger partial charge in [0.15, 0.2) is 0 Å². The van der Waals surface area contributed by atoms with Gasteiger partial charge in [-0.3, -0.25) is 0 Å². The zero-order chi connectivity index (χ0) is 9.26. The lowest BCUT2D eigenvalue weighted by Gasteiger charge is -2.18. The van der Waals surface area contributed by atoms with Crippen LogP contribution in [0.2, 0.25) is 0 Å². The second kappa shape index (κ2) is 2.98. The highest BCUT2D eigenvalue weighted by Gasteiger charge is 2.08. The van der Waals surface area contributed by atoms with E-state index in [4.69, 9.17) is 0 Å². The van der Waals surface area contributed by atoms with Crippen molar-refractivity contribution in [3.8, 4) is 0 Å². The minimum absolute atomic E-state index is 1.07. The van der Waals surface area contributed by atoms with Crippen LogP contribution in [0, 0.1) is 0 Å². The molecule has 2 N–H and O–H groups in total. The van der Waals surface area contributed by atoms with E-state index in [1.807, 2.05) is 25.3 Å². The number of para-hydroxylation sites is 1. The van der Waals surface area contributed by atoms with Crippen molar-refractivity contribution in [2.45, 2.75) is 6.92 Å². The van der Waals surface area contributed by atoms with Crippen LogP contribution in [0.25, 0.3) is 11.6 Å². The summed E-state index contributed by atoms with van der Waals surface area (Å²) in [5.41, 5.74) is 10.6. The lowest BCUT2D eigenvalue weighted by atomic mass is 10.0. The first-order valence-electron chi connectivity index (χ1n) is 4.26. The van der Waals surface area contributed by atoms with Crippen molar-refractivity contribution < 1.29 is 0 Å². The summed E-state index contributed by atoms with van der Waals surface area (Å²) in [4.78, 5) is 0. The molecule has 2 heteroatoms. The van der Waals surface area contributed by atoms with Crippen LogP contribution in [-0.2, 0) is 0 Å². The molecular weight excluding hydrogens is 160 g/mol. The first kappa shape index (κ1) is 7.92. The summed E-state index contributed by atoms with van der Waals surface area (Å²) in [5, 5.41) is 0. The van der Waals surface area contributed by atoms with Crippen molar-refractivity contribution in [2.24, 2.45) is 0 Å². The Morgan fingerprint density at radius 3 is 3.00 bits per heavy atom. The molecule has 0 saturated heterocycles. The third-order valence-corrected chi connectivity index (χ3v) is 2.10. The number of hydrogen-bond donors (Lipinski definition) is 2. The lowest BCUT2D eigenvalue weighted by molar-refractivity contribution is 1.05. The predicted octanol–water partition coefficient (Wildman–Crippen LogP) is 2.62. The molecule has 13 heavy (non-hydrogen) atoms. The molecule has 0 atom stereocenters. The van der Waals surface area contributed by atoms with Crippen molar-refractivity contribution in [3.05, 3.63) is 42.1 Å². The average molecular weight is 172 g/mol. The third kappa shape index (κ3) is 1.31. The molecule has 66 valence electrons. The van der Waals surface area contributed by atoms with Gasteiger partial charge in [-0.05, 0) is 18.6 Å². The van der Waals surface area contributed by atoms with E-state index >= 15 is 0 Å². The highest BCUT2D eigenvalue weighted by Crippen LogP contribution is 2.28. The molecule has 0 spiro atoms. The molecule has 1 aromatic carbocycles. The molecule has 0 amide bonds. The van der Waals surface area contributed by atoms with E-state index in [-0.39, 0.29) is 0 Å². The van der Waals surface area contributed by atoms with Crippen molar-refractivity contribution in [2.75, 3.05) is 5.43 Å². The van der Waals surface area contributed by atoms with Gasteiger partial charge in [-0.15, -0.1) is 0 Å². The van der Waals surface area contributed by atoms with Gasteiger partial charge in [0.25, 0.3) is 0 Å². The fraction of sp³-hybridized carbons (Fsp3) is 0.0909. The Morgan fingerprint density at radius 2 is 2.23 bits per heavy atom. The van der Waals surface area contributed by atoms with Crippen LogP contribution < -0.4 is 10.9 Å². The highest BCUT2D eigenvalue weighted by molar-refractivity contribution is 5.81. The van der Waals surface area contributed by atoms with E-state index in [0.717, 1.165) is 16.8 Å². The minimum Gasteiger partial charge on any atom is -0.308 e. The Kier molecular flexibility index (Phi) is 1.81. The molecule has 0 saturated carbocycles. The second-order valence-electron chi connectivity index (χ2n) is 3.15. The number of hydrazine groups is 1. The van der Waals surface area contributed by atoms with E-state index in [0.29, 0.717) is 0 Å². The summed E-state index contributed by atoms with van der Waals surface area (Å²) >= 11 is 0. The molecule has 0 radical (unpaired) electrons. The van der Waals surface area contributed by atoms with Crippen molar-refractivity contribution in [1.82, 2.24) is 5.43 Å². The molecular formula is C11H12N2. The molecule has 1 aromatic rings. The fourth-order valence-corrected chi connectivity index (χ4v) is 1.45. The van der Waals surface area contributed by atoms with Gasteiger partial charge in [0.1, 0.15) is 0 Å². The maximum absolute atomic E-state index is 3.94. The van der Waals surface area contributed by atoms with E-state index in [1.54, 1.807) is 0 Å². The maximum atomic E-state index is 3.94. The molecule has 1 heterocycles. The predicted molar refractivity (Wildman–Crippen MR) is 56.9 cm³/mol. The van der Waals surface area contributed by atoms with Crippen LogP contribution >= 0.6 is 0 Å². The van der Waals surface area contributed by atoms with Gasteiger partial charge in [0, 0.05) is 17.3 Å². The molecule has 1 aliphatic heterocycles. The molecule has 1 aliphatic rings. The number of benzene rings is 1. The Bertz CT molecular complexity index is 378. The number of hydrogen-bond acceptors (Lipinski definition) is 2. The minimum atomic E-state index is 1.07. The van der Waals surface area contributed by atoms with Gasteiger partial charge in [-0.25, -0.2) is 0 Å². The van der Waals surface area contributed by atoms with Crippen LogP contribution in [-0.4, -0.2) is 0 Å². The molecule has 0 bridgehead atoms. The third-order valence-electron chi connectivity index (χ3n) is 2.10. The van der Waals surface area contributed by atoms with Gasteiger partial charge in [0.2, 0.25) is 0 Å². The highest BCUT2D eigenvalue weighted by atomic mass is 15.3. The number of nitrogens with one attached hydrogen (secondary N) is 2. The lowest BCUT2D eigenvalue weighted by Crippen LogP contribution is -2.19. The van der Waals surface area contributed by atoms with Crippen LogP contribution in [0.4, 0.5) is 5.69 Å². The van der Waals surface area contributed by atoms with Gasteiger partial charge >= 0.3 is 0 Å². The Labute approximate surface area is 77.9 Å². The summed E-state index contributed by atoms with van der Waals surface area (Å²) in [7, 11) is 0. The normalized spacial score (nSPS) is 12.7. The first-order valence-corrected chi connectivity index (χ1v) is 4.26. The van der Waals surface area contributed by atoms with Crippen LogP contribution in [0.15, 0.2) is 31.0 Å². The van der Waals surface area contributed by atoms with Crippen molar-refractivity contribution >= 4 is 17.3 Å². The number of fused-ring (bicyclic) bond motifs is 1. The number of rotatable bonds is 1. The summed E-state index contributed by atoms with van der Waals surface area (Å²) in [5.74, 6) is 0. The Morgan fingerprint density at radius 1 is 1.38 bits per heavy atom. The molecule has 2 rings (SSSR count). The first-order chi connectivity index (χ1) is 6.29. The summed E-state index contributed by atoms with van der Waals surface area (Å²) in [6.07, 6.45) is 3.92. The Hall–Kier alpha value is -1.70. The zero-order valence-electron chi connectivity index (χ0n) is 7.59. The molecule has 2 nitrogen and oxygen atoms in total. The van der Waals surface area contributed by atoms with Crippen molar-refractivity contribution in [1.29, 1.82) is 0 Å². The molecule has 0 unspecified atom stereocenters. The van der Waals surface area contributed by atoms with E-state index in [1.165, 1.54) is 5.56 Å². The SMILES string of the molecule is C=C(C)c1cccc2c1NNC=C2. The van der Waals surface area contributed by atoms with Gasteiger partial charge in [-0.1, -0.05) is 24.8 Å².